The molecular formula is C14H17N5O4S. The number of aromatic nitrogens is 2. The lowest BCUT2D eigenvalue weighted by molar-refractivity contribution is -0.384. The Labute approximate surface area is 139 Å². The fourth-order valence-corrected chi connectivity index (χ4v) is 4.06. The third-order valence-corrected chi connectivity index (χ3v) is 5.83. The molecule has 1 aromatic heterocycles. The summed E-state index contributed by atoms with van der Waals surface area (Å²) < 4.78 is 28.0. The van der Waals surface area contributed by atoms with Crippen LogP contribution in [-0.2, 0) is 17.1 Å². The molecule has 1 aliphatic rings. The van der Waals surface area contributed by atoms with Gasteiger partial charge in [-0.2, -0.15) is 9.40 Å². The summed E-state index contributed by atoms with van der Waals surface area (Å²) in [7, 11) is -1.86. The normalized spacial score (nSPS) is 16.3. The molecule has 0 atom stereocenters. The molecule has 3 rings (SSSR count). The zero-order chi connectivity index (χ0) is 17.3. The van der Waals surface area contributed by atoms with Gasteiger partial charge in [0, 0.05) is 57.2 Å². The van der Waals surface area contributed by atoms with Gasteiger partial charge in [0.1, 0.15) is 4.90 Å². The van der Waals surface area contributed by atoms with E-state index in [4.69, 9.17) is 0 Å². The van der Waals surface area contributed by atoms with Gasteiger partial charge in [-0.3, -0.25) is 14.8 Å². The molecule has 10 heteroatoms. The molecule has 2 aromatic rings. The number of nitro groups is 1. The van der Waals surface area contributed by atoms with Crippen LogP contribution < -0.4 is 4.90 Å². The van der Waals surface area contributed by atoms with Crippen LogP contribution in [0.5, 0.6) is 0 Å². The smallest absolute Gasteiger partial charge is 0.269 e. The second-order valence-corrected chi connectivity index (χ2v) is 7.45. The molecule has 0 N–H and O–H groups in total. The van der Waals surface area contributed by atoms with E-state index < -0.39 is 14.9 Å². The van der Waals surface area contributed by atoms with E-state index in [9.17, 15) is 18.5 Å². The number of benzene rings is 1. The molecule has 0 amide bonds. The van der Waals surface area contributed by atoms with Crippen LogP contribution in [0.15, 0.2) is 41.6 Å². The summed E-state index contributed by atoms with van der Waals surface area (Å²) in [4.78, 5) is 12.4. The number of piperazine rings is 1. The highest BCUT2D eigenvalue weighted by Crippen LogP contribution is 2.23. The van der Waals surface area contributed by atoms with Crippen LogP contribution in [0.1, 0.15) is 0 Å². The molecule has 0 unspecified atom stereocenters. The number of sulfonamides is 1. The SMILES string of the molecule is Cn1cc(S(=O)(=O)N2CCN(c3ccc([N+](=O)[O-])cc3)CC2)cn1. The first-order valence-corrected chi connectivity index (χ1v) is 8.80. The van der Waals surface area contributed by atoms with Crippen LogP contribution in [0.2, 0.25) is 0 Å². The summed E-state index contributed by atoms with van der Waals surface area (Å²) in [6, 6.07) is 6.27. The van der Waals surface area contributed by atoms with Gasteiger partial charge in [0.05, 0.1) is 11.1 Å². The fraction of sp³-hybridized carbons (Fsp3) is 0.357. The summed E-state index contributed by atoms with van der Waals surface area (Å²) in [5, 5.41) is 14.6. The van der Waals surface area contributed by atoms with Crippen molar-refractivity contribution >= 4 is 21.4 Å². The number of nitro benzene ring substituents is 1. The molecule has 0 saturated carbocycles. The first-order chi connectivity index (χ1) is 11.4. The molecule has 0 aliphatic carbocycles. The lowest BCUT2D eigenvalue weighted by Crippen LogP contribution is -2.48. The van der Waals surface area contributed by atoms with Gasteiger partial charge in [0.25, 0.3) is 5.69 Å². The third kappa shape index (κ3) is 3.10. The molecule has 1 saturated heterocycles. The molecule has 9 nitrogen and oxygen atoms in total. The quantitative estimate of drug-likeness (QED) is 0.597. The van der Waals surface area contributed by atoms with Crippen LogP contribution in [0, 0.1) is 10.1 Å². The van der Waals surface area contributed by atoms with E-state index in [2.05, 4.69) is 5.10 Å². The van der Waals surface area contributed by atoms with Gasteiger partial charge < -0.3 is 4.90 Å². The van der Waals surface area contributed by atoms with Gasteiger partial charge in [0.15, 0.2) is 0 Å². The first-order valence-electron chi connectivity index (χ1n) is 7.36. The minimum absolute atomic E-state index is 0.0385. The summed E-state index contributed by atoms with van der Waals surface area (Å²) >= 11 is 0. The van der Waals surface area contributed by atoms with Crippen LogP contribution >= 0.6 is 0 Å². The van der Waals surface area contributed by atoms with Gasteiger partial charge in [-0.1, -0.05) is 0 Å². The van der Waals surface area contributed by atoms with Crippen molar-refractivity contribution in [2.75, 3.05) is 31.1 Å². The van der Waals surface area contributed by atoms with Gasteiger partial charge in [-0.25, -0.2) is 8.42 Å². The van der Waals surface area contributed by atoms with Crippen LogP contribution in [0.25, 0.3) is 0 Å². The summed E-state index contributed by atoms with van der Waals surface area (Å²) in [6.45, 7) is 1.76. The molecule has 24 heavy (non-hydrogen) atoms. The topological polar surface area (TPSA) is 102 Å². The van der Waals surface area contributed by atoms with Gasteiger partial charge in [-0.15, -0.1) is 0 Å². The van der Waals surface area contributed by atoms with Crippen LogP contribution in [0.4, 0.5) is 11.4 Å². The monoisotopic (exact) mass is 351 g/mol. The van der Waals surface area contributed by atoms with Crippen molar-refractivity contribution in [3.63, 3.8) is 0 Å². The Hall–Kier alpha value is -2.46. The summed E-state index contributed by atoms with van der Waals surface area (Å²) in [5.74, 6) is 0. The van der Waals surface area contributed by atoms with Crippen molar-refractivity contribution in [1.82, 2.24) is 14.1 Å². The fourth-order valence-electron chi connectivity index (χ4n) is 2.65. The molecule has 0 bridgehead atoms. The Kier molecular flexibility index (Phi) is 4.24. The number of rotatable bonds is 4. The van der Waals surface area contributed by atoms with Gasteiger partial charge >= 0.3 is 0 Å². The Balaban J connectivity index is 1.68. The zero-order valence-electron chi connectivity index (χ0n) is 13.1. The van der Waals surface area contributed by atoms with E-state index in [1.54, 1.807) is 19.2 Å². The second kappa shape index (κ2) is 6.21. The van der Waals surface area contributed by atoms with Crippen molar-refractivity contribution in [1.29, 1.82) is 0 Å². The Morgan fingerprint density at radius 1 is 1.12 bits per heavy atom. The van der Waals surface area contributed by atoms with E-state index in [0.717, 1.165) is 5.69 Å². The van der Waals surface area contributed by atoms with E-state index in [-0.39, 0.29) is 10.6 Å². The second-order valence-electron chi connectivity index (χ2n) is 5.51. The first kappa shape index (κ1) is 16.4. The van der Waals surface area contributed by atoms with Crippen LogP contribution in [0.3, 0.4) is 0 Å². The van der Waals surface area contributed by atoms with Crippen molar-refractivity contribution in [2.45, 2.75) is 4.90 Å². The number of anilines is 1. The van der Waals surface area contributed by atoms with Crippen molar-refractivity contribution in [3.05, 3.63) is 46.8 Å². The average Bonchev–Trinajstić information content (AvgIpc) is 3.02. The van der Waals surface area contributed by atoms with Crippen molar-refractivity contribution in [3.8, 4) is 0 Å². The highest BCUT2D eigenvalue weighted by atomic mass is 32.2. The van der Waals surface area contributed by atoms with Crippen LogP contribution in [-0.4, -0.2) is 53.6 Å². The maximum atomic E-state index is 12.5. The number of nitrogens with zero attached hydrogens (tertiary/aromatic N) is 5. The highest BCUT2D eigenvalue weighted by molar-refractivity contribution is 7.89. The Morgan fingerprint density at radius 2 is 1.75 bits per heavy atom. The largest absolute Gasteiger partial charge is 0.369 e. The number of non-ortho nitro benzene ring substituents is 1. The number of aryl methyl sites for hydroxylation is 1. The zero-order valence-corrected chi connectivity index (χ0v) is 13.9. The molecule has 1 aromatic carbocycles. The van der Waals surface area contributed by atoms with E-state index in [0.29, 0.717) is 26.2 Å². The molecular weight excluding hydrogens is 334 g/mol. The summed E-state index contributed by atoms with van der Waals surface area (Å²) in [6.07, 6.45) is 2.83. The maximum absolute atomic E-state index is 12.5. The molecule has 2 heterocycles. The standard InChI is InChI=1S/C14H17N5O4S/c1-16-11-14(10-15-16)24(22,23)18-8-6-17(7-9-18)12-2-4-13(5-3-12)19(20)21/h2-5,10-11H,6-9H2,1H3. The predicted molar refractivity (Wildman–Crippen MR) is 87.3 cm³/mol. The summed E-state index contributed by atoms with van der Waals surface area (Å²) in [5.41, 5.74) is 0.885. The molecule has 128 valence electrons. The minimum atomic E-state index is -3.53. The third-order valence-electron chi connectivity index (χ3n) is 3.98. The molecule has 1 aliphatic heterocycles. The average molecular weight is 351 g/mol. The van der Waals surface area contributed by atoms with Crippen molar-refractivity contribution < 1.29 is 13.3 Å². The molecule has 0 radical (unpaired) electrons. The Bertz CT molecular complexity index is 838. The van der Waals surface area contributed by atoms with E-state index in [1.165, 1.54) is 33.5 Å². The Morgan fingerprint density at radius 3 is 2.25 bits per heavy atom. The highest BCUT2D eigenvalue weighted by Gasteiger charge is 2.29. The van der Waals surface area contributed by atoms with E-state index >= 15 is 0 Å². The maximum Gasteiger partial charge on any atom is 0.269 e. The van der Waals surface area contributed by atoms with Gasteiger partial charge in [0.2, 0.25) is 10.0 Å². The predicted octanol–water partition coefficient (Wildman–Crippen LogP) is 0.839. The van der Waals surface area contributed by atoms with E-state index in [1.807, 2.05) is 4.90 Å². The number of hydrogen-bond acceptors (Lipinski definition) is 6. The lowest BCUT2D eigenvalue weighted by atomic mass is 10.2. The molecule has 1 fully saturated rings. The number of hydrogen-bond donors (Lipinski definition) is 0. The minimum Gasteiger partial charge on any atom is -0.369 e. The van der Waals surface area contributed by atoms with Crippen molar-refractivity contribution in [2.24, 2.45) is 7.05 Å². The lowest BCUT2D eigenvalue weighted by Gasteiger charge is -2.35. The molecule has 0 spiro atoms. The van der Waals surface area contributed by atoms with Gasteiger partial charge in [-0.05, 0) is 12.1 Å².